The van der Waals surface area contributed by atoms with E-state index >= 15 is 0 Å². The van der Waals surface area contributed by atoms with Crippen LogP contribution in [-0.2, 0) is 13.0 Å². The summed E-state index contributed by atoms with van der Waals surface area (Å²) in [5.41, 5.74) is 2.88. The van der Waals surface area contributed by atoms with Crippen LogP contribution in [0.1, 0.15) is 25.0 Å². The van der Waals surface area contributed by atoms with Crippen LogP contribution in [0.15, 0.2) is 58.2 Å². The molecule has 0 bridgehead atoms. The highest BCUT2D eigenvalue weighted by Crippen LogP contribution is 2.16. The molecule has 4 rings (SSSR count). The van der Waals surface area contributed by atoms with E-state index in [0.29, 0.717) is 36.9 Å². The Morgan fingerprint density at radius 1 is 1.09 bits per heavy atom. The predicted octanol–water partition coefficient (Wildman–Crippen LogP) is 3.60. The maximum Gasteiger partial charge on any atom is 0.276 e. The van der Waals surface area contributed by atoms with Crippen molar-refractivity contribution in [3.05, 3.63) is 60.3 Å². The van der Waals surface area contributed by atoms with Crippen molar-refractivity contribution in [1.82, 2.24) is 35.3 Å². The molecule has 9 nitrogen and oxygen atoms in total. The summed E-state index contributed by atoms with van der Waals surface area (Å²) in [6, 6.07) is 13.8. The number of para-hydroxylation sites is 2. The first-order chi connectivity index (χ1) is 15.7. The Morgan fingerprint density at radius 3 is 2.76 bits per heavy atom. The SMILES string of the molecule is CCNC(=NCCCn1c(C)nc2ccccc21)NCCc1noc(-c2ccccn2)n1.I. The Bertz CT molecular complexity index is 1170. The molecule has 0 unspecified atom stereocenters. The molecule has 0 spiro atoms. The van der Waals surface area contributed by atoms with E-state index in [2.05, 4.69) is 48.3 Å². The standard InChI is InChI=1S/C23H28N8O.HI/c1-3-24-23(26-14-8-16-31-17(2)28-18-9-4-5-11-20(18)31)27-15-12-21-29-22(32-30-21)19-10-6-7-13-25-19;/h4-7,9-11,13H,3,8,12,14-16H2,1-2H3,(H2,24,26,27);1H. The summed E-state index contributed by atoms with van der Waals surface area (Å²) in [5.74, 6) is 2.89. The highest BCUT2D eigenvalue weighted by Gasteiger charge is 2.10. The van der Waals surface area contributed by atoms with Crippen LogP contribution in [-0.4, -0.2) is 50.3 Å². The van der Waals surface area contributed by atoms with E-state index in [9.17, 15) is 0 Å². The molecular formula is C23H29IN8O. The molecule has 0 aliphatic carbocycles. The fourth-order valence-electron chi connectivity index (χ4n) is 3.48. The fraction of sp³-hybridized carbons (Fsp3) is 0.348. The number of halogens is 1. The lowest BCUT2D eigenvalue weighted by Crippen LogP contribution is -2.38. The number of guanidine groups is 1. The van der Waals surface area contributed by atoms with Crippen LogP contribution >= 0.6 is 24.0 Å². The van der Waals surface area contributed by atoms with Crippen LogP contribution < -0.4 is 10.6 Å². The van der Waals surface area contributed by atoms with Crippen LogP contribution in [0.3, 0.4) is 0 Å². The molecule has 10 heteroatoms. The molecule has 3 aromatic heterocycles. The molecule has 174 valence electrons. The third-order valence-corrected chi connectivity index (χ3v) is 4.99. The normalized spacial score (nSPS) is 11.4. The first-order valence-corrected chi connectivity index (χ1v) is 10.9. The van der Waals surface area contributed by atoms with Gasteiger partial charge in [-0.2, -0.15) is 4.98 Å². The molecule has 0 radical (unpaired) electrons. The number of fused-ring (bicyclic) bond motifs is 1. The second-order valence-electron chi connectivity index (χ2n) is 7.32. The molecule has 4 aromatic rings. The predicted molar refractivity (Wildman–Crippen MR) is 140 cm³/mol. The number of hydrogen-bond acceptors (Lipinski definition) is 6. The Labute approximate surface area is 210 Å². The molecule has 2 N–H and O–H groups in total. The minimum absolute atomic E-state index is 0. The number of nitrogens with one attached hydrogen (secondary N) is 2. The summed E-state index contributed by atoms with van der Waals surface area (Å²) in [4.78, 5) is 18.0. The van der Waals surface area contributed by atoms with Gasteiger partial charge < -0.3 is 19.7 Å². The van der Waals surface area contributed by atoms with E-state index in [4.69, 9.17) is 9.52 Å². The number of aromatic nitrogens is 5. The summed E-state index contributed by atoms with van der Waals surface area (Å²) in [6.45, 7) is 7.14. The lowest BCUT2D eigenvalue weighted by molar-refractivity contribution is 0.421. The number of aliphatic imine (C=N–C) groups is 1. The zero-order chi connectivity index (χ0) is 22.2. The second kappa shape index (κ2) is 12.3. The Kier molecular flexibility index (Phi) is 9.16. The first kappa shape index (κ1) is 24.6. The van der Waals surface area contributed by atoms with Gasteiger partial charge in [-0.1, -0.05) is 23.4 Å². The number of benzene rings is 1. The zero-order valence-electron chi connectivity index (χ0n) is 18.9. The Hall–Kier alpha value is -3.02. The van der Waals surface area contributed by atoms with E-state index in [1.165, 1.54) is 5.52 Å². The summed E-state index contributed by atoms with van der Waals surface area (Å²) in [5, 5.41) is 10.7. The van der Waals surface area contributed by atoms with Crippen molar-refractivity contribution in [3.63, 3.8) is 0 Å². The van der Waals surface area contributed by atoms with Gasteiger partial charge in [-0.05, 0) is 44.5 Å². The van der Waals surface area contributed by atoms with Crippen molar-refractivity contribution in [2.75, 3.05) is 19.6 Å². The van der Waals surface area contributed by atoms with E-state index in [1.807, 2.05) is 43.3 Å². The van der Waals surface area contributed by atoms with Crippen molar-refractivity contribution in [1.29, 1.82) is 0 Å². The Balaban J connectivity index is 0.00000306. The maximum atomic E-state index is 5.31. The van der Waals surface area contributed by atoms with Gasteiger partial charge in [-0.25, -0.2) is 4.98 Å². The number of nitrogens with zero attached hydrogens (tertiary/aromatic N) is 6. The van der Waals surface area contributed by atoms with Crippen LogP contribution in [0.2, 0.25) is 0 Å². The lowest BCUT2D eigenvalue weighted by Gasteiger charge is -2.11. The smallest absolute Gasteiger partial charge is 0.276 e. The number of pyridine rings is 1. The zero-order valence-corrected chi connectivity index (χ0v) is 21.2. The van der Waals surface area contributed by atoms with E-state index in [1.54, 1.807) is 6.20 Å². The van der Waals surface area contributed by atoms with Gasteiger partial charge >= 0.3 is 0 Å². The highest BCUT2D eigenvalue weighted by molar-refractivity contribution is 14.0. The van der Waals surface area contributed by atoms with E-state index in [0.717, 1.165) is 36.8 Å². The number of rotatable bonds is 9. The number of aryl methyl sites for hydroxylation is 2. The lowest BCUT2D eigenvalue weighted by atomic mass is 10.3. The molecule has 0 aliphatic heterocycles. The van der Waals surface area contributed by atoms with Gasteiger partial charge in [-0.3, -0.25) is 9.98 Å². The minimum Gasteiger partial charge on any atom is -0.357 e. The quantitative estimate of drug-likeness (QED) is 0.140. The van der Waals surface area contributed by atoms with Crippen molar-refractivity contribution in [2.45, 2.75) is 33.2 Å². The van der Waals surface area contributed by atoms with Crippen molar-refractivity contribution < 1.29 is 4.52 Å². The highest BCUT2D eigenvalue weighted by atomic mass is 127. The number of imidazole rings is 1. The minimum atomic E-state index is 0. The Morgan fingerprint density at radius 2 is 1.94 bits per heavy atom. The molecule has 0 aliphatic rings. The van der Waals surface area contributed by atoms with Gasteiger partial charge in [0.05, 0.1) is 11.0 Å². The summed E-state index contributed by atoms with van der Waals surface area (Å²) in [7, 11) is 0. The van der Waals surface area contributed by atoms with Gasteiger partial charge in [0.2, 0.25) is 0 Å². The van der Waals surface area contributed by atoms with Gasteiger partial charge in [0.1, 0.15) is 11.5 Å². The average molecular weight is 560 g/mol. The molecule has 0 amide bonds. The van der Waals surface area contributed by atoms with Gasteiger partial charge in [0, 0.05) is 38.8 Å². The topological polar surface area (TPSA) is 106 Å². The van der Waals surface area contributed by atoms with Crippen LogP contribution in [0.25, 0.3) is 22.6 Å². The third kappa shape index (κ3) is 6.50. The van der Waals surface area contributed by atoms with Gasteiger partial charge in [0.25, 0.3) is 5.89 Å². The van der Waals surface area contributed by atoms with Crippen LogP contribution in [0, 0.1) is 6.92 Å². The number of hydrogen-bond donors (Lipinski definition) is 2. The molecule has 1 aromatic carbocycles. The molecule has 33 heavy (non-hydrogen) atoms. The van der Waals surface area contributed by atoms with Crippen molar-refractivity contribution in [2.24, 2.45) is 4.99 Å². The molecular weight excluding hydrogens is 531 g/mol. The molecule has 0 saturated heterocycles. The monoisotopic (exact) mass is 560 g/mol. The maximum absolute atomic E-state index is 5.31. The van der Waals surface area contributed by atoms with E-state index < -0.39 is 0 Å². The molecule has 0 atom stereocenters. The first-order valence-electron chi connectivity index (χ1n) is 10.9. The van der Waals surface area contributed by atoms with Crippen molar-refractivity contribution in [3.8, 4) is 11.6 Å². The average Bonchev–Trinajstić information content (AvgIpc) is 3.41. The molecule has 0 fully saturated rings. The molecule has 0 saturated carbocycles. The fourth-order valence-corrected chi connectivity index (χ4v) is 3.48. The largest absolute Gasteiger partial charge is 0.357 e. The van der Waals surface area contributed by atoms with Crippen LogP contribution in [0.4, 0.5) is 0 Å². The van der Waals surface area contributed by atoms with Gasteiger partial charge in [0.15, 0.2) is 11.8 Å². The summed E-state index contributed by atoms with van der Waals surface area (Å²) < 4.78 is 7.56. The van der Waals surface area contributed by atoms with Crippen LogP contribution in [0.5, 0.6) is 0 Å². The molecule has 3 heterocycles. The summed E-state index contributed by atoms with van der Waals surface area (Å²) >= 11 is 0. The summed E-state index contributed by atoms with van der Waals surface area (Å²) in [6.07, 6.45) is 3.26. The van der Waals surface area contributed by atoms with Gasteiger partial charge in [-0.15, -0.1) is 24.0 Å². The second-order valence-corrected chi connectivity index (χ2v) is 7.32. The van der Waals surface area contributed by atoms with E-state index in [-0.39, 0.29) is 24.0 Å². The van der Waals surface area contributed by atoms with Crippen molar-refractivity contribution >= 4 is 41.0 Å². The third-order valence-electron chi connectivity index (χ3n) is 4.99.